The number of anilines is 1. The smallest absolute Gasteiger partial charge is 0.453 e. The molecular formula is C26H19ClF3NO5. The van der Waals surface area contributed by atoms with Gasteiger partial charge < -0.3 is 19.2 Å². The molecule has 1 N–H and O–H groups in total. The summed E-state index contributed by atoms with van der Waals surface area (Å²) in [6, 6.07) is 15.3. The molecule has 4 aromatic rings. The molecule has 0 saturated heterocycles. The summed E-state index contributed by atoms with van der Waals surface area (Å²) in [4.78, 5) is 25.2. The van der Waals surface area contributed by atoms with Crippen LogP contribution in [0.5, 0.6) is 17.2 Å². The Hall–Kier alpha value is -3.98. The molecule has 10 heteroatoms. The van der Waals surface area contributed by atoms with E-state index >= 15 is 0 Å². The second-order valence-corrected chi connectivity index (χ2v) is 8.34. The third-order valence-electron chi connectivity index (χ3n) is 5.15. The van der Waals surface area contributed by atoms with E-state index in [0.717, 1.165) is 11.6 Å². The molecule has 0 atom stereocenters. The van der Waals surface area contributed by atoms with Crippen LogP contribution in [-0.4, -0.2) is 12.5 Å². The van der Waals surface area contributed by atoms with Gasteiger partial charge in [-0.15, -0.1) is 0 Å². The van der Waals surface area contributed by atoms with Crippen molar-refractivity contribution in [1.29, 1.82) is 0 Å². The molecule has 0 aliphatic rings. The van der Waals surface area contributed by atoms with Crippen LogP contribution in [0.3, 0.4) is 0 Å². The van der Waals surface area contributed by atoms with Gasteiger partial charge in [0.15, 0.2) is 6.61 Å². The number of nitrogens with one attached hydrogen (secondary N) is 1. The first-order valence-corrected chi connectivity index (χ1v) is 11.0. The van der Waals surface area contributed by atoms with E-state index < -0.39 is 35.6 Å². The second-order valence-electron chi connectivity index (χ2n) is 7.93. The number of benzene rings is 3. The number of amides is 1. The topological polar surface area (TPSA) is 77.8 Å². The van der Waals surface area contributed by atoms with Gasteiger partial charge >= 0.3 is 6.18 Å². The zero-order valence-corrected chi connectivity index (χ0v) is 19.8. The average molecular weight is 518 g/mol. The van der Waals surface area contributed by atoms with Crippen molar-refractivity contribution in [2.75, 3.05) is 11.9 Å². The molecule has 0 aliphatic carbocycles. The minimum atomic E-state index is -5.01. The second kappa shape index (κ2) is 9.94. The van der Waals surface area contributed by atoms with Gasteiger partial charge in [-0.1, -0.05) is 35.9 Å². The average Bonchev–Trinajstić information content (AvgIpc) is 2.82. The van der Waals surface area contributed by atoms with Gasteiger partial charge in [0.05, 0.1) is 16.1 Å². The van der Waals surface area contributed by atoms with E-state index in [1.807, 2.05) is 0 Å². The fourth-order valence-corrected chi connectivity index (χ4v) is 3.53. The van der Waals surface area contributed by atoms with E-state index in [4.69, 9.17) is 25.5 Å². The lowest BCUT2D eigenvalue weighted by Gasteiger charge is -2.15. The molecule has 0 fully saturated rings. The molecule has 0 aliphatic heterocycles. The Morgan fingerprint density at radius 2 is 1.81 bits per heavy atom. The number of para-hydroxylation sites is 1. The zero-order valence-electron chi connectivity index (χ0n) is 19.0. The normalized spacial score (nSPS) is 11.4. The highest BCUT2D eigenvalue weighted by molar-refractivity contribution is 6.33. The van der Waals surface area contributed by atoms with Gasteiger partial charge in [-0.3, -0.25) is 9.59 Å². The highest BCUT2D eigenvalue weighted by atomic mass is 35.5. The van der Waals surface area contributed by atoms with Crippen molar-refractivity contribution in [3.05, 3.63) is 92.8 Å². The van der Waals surface area contributed by atoms with Crippen molar-refractivity contribution in [3.63, 3.8) is 0 Å². The summed E-state index contributed by atoms with van der Waals surface area (Å²) in [5.74, 6) is -2.95. The van der Waals surface area contributed by atoms with E-state index in [-0.39, 0.29) is 22.5 Å². The Morgan fingerprint density at radius 1 is 1.06 bits per heavy atom. The predicted molar refractivity (Wildman–Crippen MR) is 129 cm³/mol. The Bertz CT molecular complexity index is 1510. The lowest BCUT2D eigenvalue weighted by Crippen LogP contribution is -2.20. The van der Waals surface area contributed by atoms with E-state index in [2.05, 4.69) is 5.32 Å². The fourth-order valence-electron chi connectivity index (χ4n) is 3.35. The summed E-state index contributed by atoms with van der Waals surface area (Å²) in [5, 5.41) is 2.75. The van der Waals surface area contributed by atoms with Gasteiger partial charge in [-0.05, 0) is 55.3 Å². The van der Waals surface area contributed by atoms with Crippen molar-refractivity contribution in [3.8, 4) is 17.2 Å². The van der Waals surface area contributed by atoms with Crippen molar-refractivity contribution >= 4 is 34.2 Å². The van der Waals surface area contributed by atoms with Crippen LogP contribution in [0.1, 0.15) is 16.9 Å². The Kier molecular flexibility index (Phi) is 6.94. The number of carbonyl (C=O) groups is 1. The molecule has 0 unspecified atom stereocenters. The van der Waals surface area contributed by atoms with Crippen LogP contribution in [-0.2, 0) is 11.0 Å². The number of carbonyl (C=O) groups excluding carboxylic acids is 1. The van der Waals surface area contributed by atoms with E-state index in [1.165, 1.54) is 18.2 Å². The van der Waals surface area contributed by atoms with E-state index in [1.54, 1.807) is 50.2 Å². The van der Waals surface area contributed by atoms with Crippen LogP contribution in [0.25, 0.3) is 11.0 Å². The molecule has 1 amide bonds. The number of rotatable bonds is 6. The lowest BCUT2D eigenvalue weighted by molar-refractivity contribution is -0.154. The Labute approximate surface area is 208 Å². The van der Waals surface area contributed by atoms with Crippen LogP contribution >= 0.6 is 11.6 Å². The minimum Gasteiger partial charge on any atom is -0.484 e. The maximum atomic E-state index is 13.8. The first-order valence-electron chi connectivity index (χ1n) is 10.6. The van der Waals surface area contributed by atoms with Gasteiger partial charge in [-0.2, -0.15) is 13.2 Å². The number of halogens is 4. The van der Waals surface area contributed by atoms with Crippen molar-refractivity contribution in [1.82, 2.24) is 0 Å². The molecule has 0 spiro atoms. The molecule has 36 heavy (non-hydrogen) atoms. The third-order valence-corrected chi connectivity index (χ3v) is 5.48. The molecule has 1 heterocycles. The zero-order chi connectivity index (χ0) is 26.0. The van der Waals surface area contributed by atoms with Crippen LogP contribution in [0, 0.1) is 13.8 Å². The third kappa shape index (κ3) is 5.46. The molecule has 0 bridgehead atoms. The van der Waals surface area contributed by atoms with E-state index in [9.17, 15) is 22.8 Å². The highest BCUT2D eigenvalue weighted by Crippen LogP contribution is 2.39. The summed E-state index contributed by atoms with van der Waals surface area (Å²) >= 11 is 6.00. The molecular weight excluding hydrogens is 499 g/mol. The van der Waals surface area contributed by atoms with Crippen LogP contribution in [0.2, 0.25) is 5.02 Å². The number of aryl methyl sites for hydroxylation is 2. The van der Waals surface area contributed by atoms with Gasteiger partial charge in [0.2, 0.25) is 11.2 Å². The Balaban J connectivity index is 1.64. The lowest BCUT2D eigenvalue weighted by atomic mass is 10.1. The fraction of sp³-hybridized carbons (Fsp3) is 0.154. The van der Waals surface area contributed by atoms with Crippen LogP contribution in [0.4, 0.5) is 18.9 Å². The monoisotopic (exact) mass is 517 g/mol. The molecule has 1 aromatic heterocycles. The van der Waals surface area contributed by atoms with Crippen LogP contribution in [0.15, 0.2) is 69.9 Å². The number of hydrogen-bond donors (Lipinski definition) is 1. The quantitative estimate of drug-likeness (QED) is 0.301. The first-order chi connectivity index (χ1) is 17.0. The Morgan fingerprint density at radius 3 is 2.53 bits per heavy atom. The summed E-state index contributed by atoms with van der Waals surface area (Å²) < 4.78 is 57.4. The maximum Gasteiger partial charge on any atom is 0.453 e. The minimum absolute atomic E-state index is 0.0243. The molecule has 186 valence electrons. The molecule has 4 rings (SSSR count). The molecule has 6 nitrogen and oxygen atoms in total. The highest BCUT2D eigenvalue weighted by Gasteiger charge is 2.40. The van der Waals surface area contributed by atoms with E-state index in [0.29, 0.717) is 16.3 Å². The van der Waals surface area contributed by atoms with Crippen molar-refractivity contribution in [2.45, 2.75) is 20.0 Å². The SMILES string of the molecule is Cc1ccc(C)c(Oc2c(C(F)(F)F)oc3cc(OCC(=O)Nc4ccccc4Cl)ccc3c2=O)c1. The van der Waals surface area contributed by atoms with Gasteiger partial charge in [0.1, 0.15) is 17.1 Å². The molecule has 0 saturated carbocycles. The largest absolute Gasteiger partial charge is 0.484 e. The molecule has 0 radical (unpaired) electrons. The summed E-state index contributed by atoms with van der Waals surface area (Å²) in [7, 11) is 0. The summed E-state index contributed by atoms with van der Waals surface area (Å²) in [6.45, 7) is 2.94. The number of ether oxygens (including phenoxy) is 2. The summed E-state index contributed by atoms with van der Waals surface area (Å²) in [5.41, 5.74) is 0.308. The standard InChI is InChI=1S/C26H19ClF3NO5/c1-14-7-8-15(2)20(11-14)35-24-23(33)17-10-9-16(12-21(17)36-25(24)26(28,29)30)34-13-22(32)31-19-6-4-3-5-18(19)27/h3-12H,13H2,1-2H3,(H,31,32). The first kappa shape index (κ1) is 25.1. The van der Waals surface area contributed by atoms with Gasteiger partial charge in [0.25, 0.3) is 11.7 Å². The number of hydrogen-bond acceptors (Lipinski definition) is 5. The van der Waals surface area contributed by atoms with Gasteiger partial charge in [-0.25, -0.2) is 0 Å². The maximum absolute atomic E-state index is 13.8. The van der Waals surface area contributed by atoms with Crippen molar-refractivity contribution in [2.24, 2.45) is 0 Å². The molecule has 3 aromatic carbocycles. The number of alkyl halides is 3. The van der Waals surface area contributed by atoms with Crippen LogP contribution < -0.4 is 20.2 Å². The van der Waals surface area contributed by atoms with Crippen molar-refractivity contribution < 1.29 is 31.9 Å². The van der Waals surface area contributed by atoms with Gasteiger partial charge in [0, 0.05) is 6.07 Å². The summed E-state index contributed by atoms with van der Waals surface area (Å²) in [6.07, 6.45) is -5.01. The number of fused-ring (bicyclic) bond motifs is 1. The predicted octanol–water partition coefficient (Wildman–Crippen LogP) is 6.89.